The number of hydrogen-bond donors (Lipinski definition) is 1. The Hall–Kier alpha value is -1.10. The molecule has 0 saturated heterocycles. The normalized spacial score (nSPS) is 12.7. The van der Waals surface area contributed by atoms with Crippen molar-refractivity contribution in [2.75, 3.05) is 0 Å². The summed E-state index contributed by atoms with van der Waals surface area (Å²) < 4.78 is 31.1. The van der Waals surface area contributed by atoms with E-state index in [4.69, 9.17) is 16.2 Å². The third-order valence-corrected chi connectivity index (χ3v) is 2.99. The Morgan fingerprint density at radius 2 is 2.00 bits per heavy atom. The van der Waals surface area contributed by atoms with E-state index in [1.54, 1.807) is 24.3 Å². The molecular formula is C11H11ClO3S. The van der Waals surface area contributed by atoms with Gasteiger partial charge in [0.05, 0.1) is 0 Å². The lowest BCUT2D eigenvalue weighted by Gasteiger charge is -2.02. The van der Waals surface area contributed by atoms with Crippen molar-refractivity contribution in [3.05, 3.63) is 47.0 Å². The van der Waals surface area contributed by atoms with Crippen LogP contribution in [0.15, 0.2) is 41.3 Å². The molecule has 0 bridgehead atoms. The van der Waals surface area contributed by atoms with E-state index >= 15 is 0 Å². The second-order valence-corrected chi connectivity index (χ2v) is 4.87. The van der Waals surface area contributed by atoms with Gasteiger partial charge in [-0.05, 0) is 30.7 Å². The van der Waals surface area contributed by atoms with Crippen LogP contribution in [0.25, 0.3) is 6.08 Å². The first kappa shape index (κ1) is 13.0. The van der Waals surface area contributed by atoms with Gasteiger partial charge in [-0.25, -0.2) is 0 Å². The van der Waals surface area contributed by atoms with Gasteiger partial charge in [0.1, 0.15) is 4.90 Å². The van der Waals surface area contributed by atoms with Gasteiger partial charge < -0.3 is 0 Å². The lowest BCUT2D eigenvalue weighted by molar-refractivity contribution is 0.483. The van der Waals surface area contributed by atoms with Crippen molar-refractivity contribution < 1.29 is 13.0 Å². The molecule has 5 heteroatoms. The minimum absolute atomic E-state index is 0.155. The lowest BCUT2D eigenvalue weighted by Crippen LogP contribution is -2.00. The number of hydrogen-bond acceptors (Lipinski definition) is 2. The Kier molecular flexibility index (Phi) is 4.29. The molecule has 16 heavy (non-hydrogen) atoms. The minimum atomic E-state index is -4.22. The van der Waals surface area contributed by atoms with Crippen LogP contribution in [0.1, 0.15) is 12.5 Å². The SMILES string of the molecule is CC=CC=Cc1cc(Cl)ccc1S(=O)(=O)O. The maximum absolute atomic E-state index is 11.1. The quantitative estimate of drug-likeness (QED) is 0.669. The van der Waals surface area contributed by atoms with Crippen molar-refractivity contribution in [2.45, 2.75) is 11.8 Å². The fourth-order valence-electron chi connectivity index (χ4n) is 1.15. The molecule has 1 N–H and O–H groups in total. The van der Waals surface area contributed by atoms with Crippen LogP contribution < -0.4 is 0 Å². The van der Waals surface area contributed by atoms with E-state index in [-0.39, 0.29) is 4.90 Å². The van der Waals surface area contributed by atoms with Gasteiger partial charge in [0.25, 0.3) is 10.1 Å². The van der Waals surface area contributed by atoms with E-state index in [1.807, 2.05) is 6.92 Å². The van der Waals surface area contributed by atoms with E-state index in [0.717, 1.165) is 0 Å². The molecule has 0 radical (unpaired) electrons. The van der Waals surface area contributed by atoms with Crippen molar-refractivity contribution in [1.82, 2.24) is 0 Å². The summed E-state index contributed by atoms with van der Waals surface area (Å²) in [5, 5.41) is 0.410. The highest BCUT2D eigenvalue weighted by molar-refractivity contribution is 7.85. The molecule has 3 nitrogen and oxygen atoms in total. The van der Waals surface area contributed by atoms with E-state index < -0.39 is 10.1 Å². The lowest BCUT2D eigenvalue weighted by atomic mass is 10.2. The van der Waals surface area contributed by atoms with Crippen LogP contribution in [0.5, 0.6) is 0 Å². The molecule has 0 aliphatic rings. The van der Waals surface area contributed by atoms with Crippen molar-refractivity contribution in [2.24, 2.45) is 0 Å². The van der Waals surface area contributed by atoms with E-state index in [9.17, 15) is 8.42 Å². The summed E-state index contributed by atoms with van der Waals surface area (Å²) in [6.45, 7) is 1.84. The first-order chi connectivity index (χ1) is 7.45. The molecule has 1 aromatic carbocycles. The second-order valence-electron chi connectivity index (χ2n) is 3.04. The standard InChI is InChI=1S/C11H11ClO3S/c1-2-3-4-5-9-8-10(12)6-7-11(9)16(13,14)15/h2-8H,1H3,(H,13,14,15). The molecular weight excluding hydrogens is 248 g/mol. The Morgan fingerprint density at radius 3 is 2.56 bits per heavy atom. The molecule has 0 aliphatic carbocycles. The Morgan fingerprint density at radius 1 is 1.31 bits per heavy atom. The summed E-state index contributed by atoms with van der Waals surface area (Å²) in [6.07, 6.45) is 6.78. The summed E-state index contributed by atoms with van der Waals surface area (Å²) in [4.78, 5) is -0.155. The minimum Gasteiger partial charge on any atom is -0.282 e. The van der Waals surface area contributed by atoms with Crippen LogP contribution in [0, 0.1) is 0 Å². The van der Waals surface area contributed by atoms with Crippen LogP contribution in [0.3, 0.4) is 0 Å². The van der Waals surface area contributed by atoms with Crippen molar-refractivity contribution in [3.8, 4) is 0 Å². The van der Waals surface area contributed by atoms with Gasteiger partial charge in [-0.2, -0.15) is 8.42 Å². The molecule has 0 spiro atoms. The highest BCUT2D eigenvalue weighted by Gasteiger charge is 2.13. The summed E-state index contributed by atoms with van der Waals surface area (Å²) in [5.74, 6) is 0. The van der Waals surface area contributed by atoms with Gasteiger partial charge in [0, 0.05) is 5.02 Å². The summed E-state index contributed by atoms with van der Waals surface area (Å²) in [5.41, 5.74) is 0.355. The molecule has 0 aliphatic heterocycles. The fraction of sp³-hybridized carbons (Fsp3) is 0.0909. The zero-order valence-corrected chi connectivity index (χ0v) is 10.2. The maximum atomic E-state index is 11.1. The fourth-order valence-corrected chi connectivity index (χ4v) is 2.00. The van der Waals surface area contributed by atoms with Crippen LogP contribution in [0.2, 0.25) is 5.02 Å². The maximum Gasteiger partial charge on any atom is 0.295 e. The number of allylic oxidation sites excluding steroid dienone is 3. The predicted octanol–water partition coefficient (Wildman–Crippen LogP) is 3.18. The van der Waals surface area contributed by atoms with Crippen LogP contribution in [-0.4, -0.2) is 13.0 Å². The third-order valence-electron chi connectivity index (χ3n) is 1.83. The van der Waals surface area contributed by atoms with Crippen molar-refractivity contribution in [3.63, 3.8) is 0 Å². The van der Waals surface area contributed by atoms with Crippen molar-refractivity contribution in [1.29, 1.82) is 0 Å². The number of halogens is 1. The second kappa shape index (κ2) is 5.30. The zero-order valence-electron chi connectivity index (χ0n) is 8.59. The number of benzene rings is 1. The summed E-state index contributed by atoms with van der Waals surface area (Å²) in [7, 11) is -4.22. The Balaban J connectivity index is 3.30. The molecule has 86 valence electrons. The average molecular weight is 259 g/mol. The molecule has 1 rings (SSSR count). The van der Waals surface area contributed by atoms with Crippen LogP contribution in [0.4, 0.5) is 0 Å². The molecule has 0 heterocycles. The first-order valence-electron chi connectivity index (χ1n) is 4.51. The molecule has 0 aromatic heterocycles. The molecule has 0 saturated carbocycles. The monoisotopic (exact) mass is 258 g/mol. The third kappa shape index (κ3) is 3.48. The van der Waals surface area contributed by atoms with Crippen LogP contribution in [-0.2, 0) is 10.1 Å². The zero-order chi connectivity index (χ0) is 12.2. The Bertz CT molecular complexity index is 530. The predicted molar refractivity (Wildman–Crippen MR) is 65.1 cm³/mol. The molecule has 1 aromatic rings. The van der Waals surface area contributed by atoms with Crippen LogP contribution >= 0.6 is 11.6 Å². The molecule has 0 atom stereocenters. The van der Waals surface area contributed by atoms with Gasteiger partial charge in [0.2, 0.25) is 0 Å². The largest absolute Gasteiger partial charge is 0.295 e. The molecule has 0 unspecified atom stereocenters. The molecule has 0 amide bonds. The molecule has 0 fully saturated rings. The van der Waals surface area contributed by atoms with Gasteiger partial charge >= 0.3 is 0 Å². The number of rotatable bonds is 3. The van der Waals surface area contributed by atoms with E-state index in [0.29, 0.717) is 10.6 Å². The highest BCUT2D eigenvalue weighted by atomic mass is 35.5. The van der Waals surface area contributed by atoms with Crippen molar-refractivity contribution >= 4 is 27.8 Å². The Labute approximate surface area is 99.8 Å². The van der Waals surface area contributed by atoms with Gasteiger partial charge in [-0.3, -0.25) is 4.55 Å². The topological polar surface area (TPSA) is 54.4 Å². The van der Waals surface area contributed by atoms with E-state index in [2.05, 4.69) is 0 Å². The smallest absolute Gasteiger partial charge is 0.282 e. The van der Waals surface area contributed by atoms with Gasteiger partial charge in [-0.1, -0.05) is 35.9 Å². The average Bonchev–Trinajstić information content (AvgIpc) is 2.16. The summed E-state index contributed by atoms with van der Waals surface area (Å²) >= 11 is 5.75. The van der Waals surface area contributed by atoms with Gasteiger partial charge in [-0.15, -0.1) is 0 Å². The van der Waals surface area contributed by atoms with Gasteiger partial charge in [0.15, 0.2) is 0 Å². The summed E-state index contributed by atoms with van der Waals surface area (Å²) in [6, 6.07) is 4.16. The first-order valence-corrected chi connectivity index (χ1v) is 6.33. The van der Waals surface area contributed by atoms with E-state index in [1.165, 1.54) is 18.2 Å². The highest BCUT2D eigenvalue weighted by Crippen LogP contribution is 2.21.